The van der Waals surface area contributed by atoms with Gasteiger partial charge in [0.25, 0.3) is 0 Å². The lowest BCUT2D eigenvalue weighted by Gasteiger charge is -2.33. The minimum absolute atomic E-state index is 0.0203. The molecule has 1 aromatic rings. The fourth-order valence-electron chi connectivity index (χ4n) is 2.76. The van der Waals surface area contributed by atoms with Crippen LogP contribution >= 0.6 is 0 Å². The van der Waals surface area contributed by atoms with Crippen molar-refractivity contribution >= 4 is 0 Å². The molecule has 0 aromatic heterocycles. The first-order valence-corrected chi connectivity index (χ1v) is 6.53. The molecule has 0 aliphatic carbocycles. The Morgan fingerprint density at radius 2 is 1.28 bits per heavy atom. The van der Waals surface area contributed by atoms with E-state index in [9.17, 15) is 10.2 Å². The van der Waals surface area contributed by atoms with E-state index in [1.165, 1.54) is 5.56 Å². The van der Waals surface area contributed by atoms with E-state index in [1.807, 2.05) is 18.2 Å². The van der Waals surface area contributed by atoms with E-state index in [-0.39, 0.29) is 24.0 Å². The maximum Gasteiger partial charge on any atom is 0.0682 e. The van der Waals surface area contributed by atoms with Crippen molar-refractivity contribution in [2.24, 2.45) is 5.41 Å². The maximum absolute atomic E-state index is 9.30. The summed E-state index contributed by atoms with van der Waals surface area (Å²) >= 11 is 0. The van der Waals surface area contributed by atoms with Crippen molar-refractivity contribution < 1.29 is 10.2 Å². The highest BCUT2D eigenvalue weighted by Gasteiger charge is 2.27. The molecule has 0 amide bonds. The van der Waals surface area contributed by atoms with Crippen molar-refractivity contribution in [1.29, 1.82) is 0 Å². The Morgan fingerprint density at radius 3 is 1.61 bits per heavy atom. The summed E-state index contributed by atoms with van der Waals surface area (Å²) in [4.78, 5) is 0. The number of benzene rings is 1. The molecule has 2 nitrogen and oxygen atoms in total. The van der Waals surface area contributed by atoms with Gasteiger partial charge in [0.1, 0.15) is 0 Å². The van der Waals surface area contributed by atoms with Crippen LogP contribution in [0.25, 0.3) is 0 Å². The van der Waals surface area contributed by atoms with E-state index < -0.39 is 0 Å². The molecule has 0 fully saturated rings. The molecule has 0 saturated heterocycles. The van der Waals surface area contributed by atoms with Gasteiger partial charge in [-0.25, -0.2) is 0 Å². The number of aliphatic hydroxyl groups is 2. The third-order valence-corrected chi connectivity index (χ3v) is 3.17. The minimum Gasteiger partial charge on any atom is -0.392 e. The second kappa shape index (κ2) is 5.41. The first-order valence-electron chi connectivity index (χ1n) is 6.53. The summed E-state index contributed by atoms with van der Waals surface area (Å²) in [6.07, 6.45) is 1.06. The summed E-state index contributed by atoms with van der Waals surface area (Å²) in [6.45, 7) is 11.2. The van der Waals surface area contributed by atoms with Crippen LogP contribution in [0.2, 0.25) is 0 Å². The SMILES string of the molecule is CC(C)(C)CC(C)(C)c1cc(CO)cc(CO)c1. The third-order valence-electron chi connectivity index (χ3n) is 3.17. The lowest BCUT2D eigenvalue weighted by Crippen LogP contribution is -2.25. The highest BCUT2D eigenvalue weighted by molar-refractivity contribution is 5.34. The first kappa shape index (κ1) is 15.2. The van der Waals surface area contributed by atoms with Crippen LogP contribution in [0, 0.1) is 5.41 Å². The number of hydrogen-bond acceptors (Lipinski definition) is 2. The van der Waals surface area contributed by atoms with E-state index in [0.29, 0.717) is 0 Å². The summed E-state index contributed by atoms with van der Waals surface area (Å²) in [6, 6.07) is 5.95. The average molecular weight is 250 g/mol. The molecule has 2 heteroatoms. The third kappa shape index (κ3) is 4.11. The largest absolute Gasteiger partial charge is 0.392 e. The standard InChI is InChI=1S/C16H26O2/c1-15(2,3)11-16(4,5)14-7-12(9-17)6-13(8-14)10-18/h6-8,17-18H,9-11H2,1-5H3. The molecular weight excluding hydrogens is 224 g/mol. The molecule has 0 aliphatic heterocycles. The lowest BCUT2D eigenvalue weighted by atomic mass is 9.72. The monoisotopic (exact) mass is 250 g/mol. The van der Waals surface area contributed by atoms with Crippen LogP contribution < -0.4 is 0 Å². The number of rotatable bonds is 4. The molecule has 0 atom stereocenters. The number of aliphatic hydroxyl groups excluding tert-OH is 2. The highest BCUT2D eigenvalue weighted by Crippen LogP contribution is 2.36. The molecule has 0 unspecified atom stereocenters. The van der Waals surface area contributed by atoms with Gasteiger partial charge in [0, 0.05) is 0 Å². The zero-order chi connectivity index (χ0) is 14.0. The molecule has 1 aromatic carbocycles. The molecule has 0 aliphatic rings. The predicted molar refractivity (Wildman–Crippen MR) is 75.4 cm³/mol. The van der Waals surface area contributed by atoms with Crippen molar-refractivity contribution in [3.63, 3.8) is 0 Å². The van der Waals surface area contributed by atoms with Gasteiger partial charge < -0.3 is 10.2 Å². The van der Waals surface area contributed by atoms with Gasteiger partial charge in [0.05, 0.1) is 13.2 Å². The Balaban J connectivity index is 3.14. The topological polar surface area (TPSA) is 40.5 Å². The van der Waals surface area contributed by atoms with Crippen molar-refractivity contribution in [3.8, 4) is 0 Å². The molecule has 0 saturated carbocycles. The second-order valence-electron chi connectivity index (χ2n) is 6.98. The van der Waals surface area contributed by atoms with Gasteiger partial charge in [0.2, 0.25) is 0 Å². The zero-order valence-corrected chi connectivity index (χ0v) is 12.2. The summed E-state index contributed by atoms with van der Waals surface area (Å²) in [5.41, 5.74) is 3.22. The van der Waals surface area contributed by atoms with Crippen molar-refractivity contribution in [2.45, 2.75) is 59.7 Å². The molecular formula is C16H26O2. The smallest absolute Gasteiger partial charge is 0.0682 e. The zero-order valence-electron chi connectivity index (χ0n) is 12.2. The fraction of sp³-hybridized carbons (Fsp3) is 0.625. The van der Waals surface area contributed by atoms with E-state index in [4.69, 9.17) is 0 Å². The summed E-state index contributed by atoms with van der Waals surface area (Å²) < 4.78 is 0. The molecule has 18 heavy (non-hydrogen) atoms. The molecule has 0 spiro atoms. The average Bonchev–Trinajstić information content (AvgIpc) is 2.25. The lowest BCUT2D eigenvalue weighted by molar-refractivity contribution is 0.270. The van der Waals surface area contributed by atoms with Crippen LogP contribution in [0.4, 0.5) is 0 Å². The highest BCUT2D eigenvalue weighted by atomic mass is 16.3. The van der Waals surface area contributed by atoms with Crippen molar-refractivity contribution in [3.05, 3.63) is 34.9 Å². The van der Waals surface area contributed by atoms with Crippen molar-refractivity contribution in [1.82, 2.24) is 0 Å². The van der Waals surface area contributed by atoms with Crippen LogP contribution in [0.15, 0.2) is 18.2 Å². The Bertz CT molecular complexity index is 378. The molecule has 1 rings (SSSR count). The minimum atomic E-state index is 0.0203. The number of hydrogen-bond donors (Lipinski definition) is 2. The van der Waals surface area contributed by atoms with E-state index in [0.717, 1.165) is 17.5 Å². The fourth-order valence-corrected chi connectivity index (χ4v) is 2.76. The molecule has 102 valence electrons. The summed E-state index contributed by atoms with van der Waals surface area (Å²) in [7, 11) is 0. The predicted octanol–water partition coefficient (Wildman–Crippen LogP) is 3.39. The maximum atomic E-state index is 9.30. The molecule has 0 radical (unpaired) electrons. The Labute approximate surface area is 111 Å². The molecule has 0 heterocycles. The quantitative estimate of drug-likeness (QED) is 0.860. The van der Waals surface area contributed by atoms with Crippen LogP contribution in [0.3, 0.4) is 0 Å². The van der Waals surface area contributed by atoms with E-state index in [2.05, 4.69) is 34.6 Å². The Kier molecular flexibility index (Phi) is 4.57. The molecule has 2 N–H and O–H groups in total. The Morgan fingerprint density at radius 1 is 0.833 bits per heavy atom. The first-order chi connectivity index (χ1) is 8.18. The van der Waals surface area contributed by atoms with Gasteiger partial charge in [-0.15, -0.1) is 0 Å². The van der Waals surface area contributed by atoms with Crippen molar-refractivity contribution in [2.75, 3.05) is 0 Å². The summed E-state index contributed by atoms with van der Waals surface area (Å²) in [5.74, 6) is 0. The summed E-state index contributed by atoms with van der Waals surface area (Å²) in [5, 5.41) is 18.6. The van der Waals surface area contributed by atoms with Crippen LogP contribution in [-0.4, -0.2) is 10.2 Å². The van der Waals surface area contributed by atoms with Crippen LogP contribution in [-0.2, 0) is 18.6 Å². The van der Waals surface area contributed by atoms with Gasteiger partial charge in [-0.1, -0.05) is 52.8 Å². The normalized spacial score (nSPS) is 12.8. The second-order valence-corrected chi connectivity index (χ2v) is 6.98. The van der Waals surface area contributed by atoms with Gasteiger partial charge >= 0.3 is 0 Å². The Hall–Kier alpha value is -0.860. The van der Waals surface area contributed by atoms with Gasteiger partial charge in [-0.2, -0.15) is 0 Å². The molecule has 0 bridgehead atoms. The van der Waals surface area contributed by atoms with Crippen LogP contribution in [0.5, 0.6) is 0 Å². The van der Waals surface area contributed by atoms with E-state index in [1.54, 1.807) is 0 Å². The van der Waals surface area contributed by atoms with Gasteiger partial charge in [0.15, 0.2) is 0 Å². The van der Waals surface area contributed by atoms with E-state index >= 15 is 0 Å². The van der Waals surface area contributed by atoms with Gasteiger partial charge in [-0.3, -0.25) is 0 Å². The van der Waals surface area contributed by atoms with Gasteiger partial charge in [-0.05, 0) is 33.9 Å². The van der Waals surface area contributed by atoms with Crippen LogP contribution in [0.1, 0.15) is 57.7 Å².